The third-order valence-electron chi connectivity index (χ3n) is 6.33. The Morgan fingerprint density at radius 3 is 2.37 bits per heavy atom. The summed E-state index contributed by atoms with van der Waals surface area (Å²) in [6, 6.07) is 22.0. The summed E-state index contributed by atoms with van der Waals surface area (Å²) in [4.78, 5) is 8.01. The van der Waals surface area contributed by atoms with Crippen LogP contribution in [0.5, 0.6) is 5.75 Å². The van der Waals surface area contributed by atoms with Crippen LogP contribution in [-0.2, 0) is 12.6 Å². The molecule has 0 unspecified atom stereocenters. The molecular weight excluding hydrogens is 511 g/mol. The number of benzene rings is 3. The van der Waals surface area contributed by atoms with Gasteiger partial charge in [0.2, 0.25) is 0 Å². The van der Waals surface area contributed by atoms with Crippen molar-refractivity contribution in [1.29, 1.82) is 5.26 Å². The molecule has 0 aliphatic carbocycles. The quantitative estimate of drug-likeness (QED) is 0.253. The van der Waals surface area contributed by atoms with Gasteiger partial charge in [0, 0.05) is 27.9 Å². The third kappa shape index (κ3) is 4.55. The van der Waals surface area contributed by atoms with Gasteiger partial charge in [0.25, 0.3) is 0 Å². The fourth-order valence-corrected chi connectivity index (χ4v) is 4.76. The average molecular weight is 530 g/mol. The Labute approximate surface area is 221 Å². The minimum absolute atomic E-state index is 0.0287. The van der Waals surface area contributed by atoms with Crippen molar-refractivity contribution in [2.45, 2.75) is 19.5 Å². The Hall–Kier alpha value is -4.41. The maximum absolute atomic E-state index is 13.7. The van der Waals surface area contributed by atoms with E-state index in [1.165, 1.54) is 6.07 Å². The molecule has 0 aliphatic heterocycles. The Morgan fingerprint density at radius 2 is 1.66 bits per heavy atom. The standard InChI is InChI=1S/C30H19ClF3N3O/c1-2-17-5-3-7-19(13-17)26-24(16-35)37-23-10-9-22(18-6-4-8-21(31)14-18)29(38)28(23)27(26)20-11-12-36-25(15-20)30(32,33)34/h3-15,38H,2H2,1H3. The normalized spacial score (nSPS) is 11.5. The Kier molecular flexibility index (Phi) is 6.52. The van der Waals surface area contributed by atoms with Gasteiger partial charge in [0.05, 0.1) is 10.9 Å². The number of phenols is 1. The van der Waals surface area contributed by atoms with Crippen LogP contribution < -0.4 is 0 Å². The molecule has 0 bridgehead atoms. The number of rotatable bonds is 4. The van der Waals surface area contributed by atoms with Gasteiger partial charge in [-0.15, -0.1) is 0 Å². The molecule has 0 radical (unpaired) electrons. The van der Waals surface area contributed by atoms with Crippen molar-refractivity contribution in [3.8, 4) is 45.2 Å². The fourth-order valence-electron chi connectivity index (χ4n) is 4.57. The van der Waals surface area contributed by atoms with E-state index in [0.29, 0.717) is 33.7 Å². The summed E-state index contributed by atoms with van der Waals surface area (Å²) >= 11 is 6.18. The molecule has 0 fully saturated rings. The fraction of sp³-hybridized carbons (Fsp3) is 0.100. The van der Waals surface area contributed by atoms with Crippen molar-refractivity contribution >= 4 is 22.5 Å². The van der Waals surface area contributed by atoms with E-state index in [2.05, 4.69) is 16.0 Å². The first-order valence-corrected chi connectivity index (χ1v) is 12.1. The van der Waals surface area contributed by atoms with Crippen molar-refractivity contribution < 1.29 is 18.3 Å². The second-order valence-corrected chi connectivity index (χ2v) is 9.11. The number of aromatic hydroxyl groups is 1. The number of nitrogens with zero attached hydrogens (tertiary/aromatic N) is 3. The molecule has 188 valence electrons. The lowest BCUT2D eigenvalue weighted by atomic mass is 9.88. The van der Waals surface area contributed by atoms with Crippen LogP contribution in [0.2, 0.25) is 5.02 Å². The Balaban J connectivity index is 1.96. The zero-order chi connectivity index (χ0) is 27.0. The number of alkyl halides is 3. The van der Waals surface area contributed by atoms with Crippen molar-refractivity contribution in [2.75, 3.05) is 0 Å². The summed E-state index contributed by atoms with van der Waals surface area (Å²) < 4.78 is 41.0. The second kappa shape index (κ2) is 9.81. The molecule has 0 aliphatic rings. The predicted octanol–water partition coefficient (Wildman–Crippen LogP) is 8.44. The van der Waals surface area contributed by atoms with Crippen molar-refractivity contribution in [1.82, 2.24) is 9.97 Å². The first kappa shape index (κ1) is 25.2. The van der Waals surface area contributed by atoms with Gasteiger partial charge >= 0.3 is 6.18 Å². The summed E-state index contributed by atoms with van der Waals surface area (Å²) in [7, 11) is 0. The molecule has 5 aromatic rings. The molecule has 0 atom stereocenters. The highest BCUT2D eigenvalue weighted by atomic mass is 35.5. The molecule has 2 heterocycles. The first-order chi connectivity index (χ1) is 18.2. The average Bonchev–Trinajstić information content (AvgIpc) is 2.91. The topological polar surface area (TPSA) is 69.8 Å². The number of fused-ring (bicyclic) bond motifs is 1. The Bertz CT molecular complexity index is 1740. The summed E-state index contributed by atoms with van der Waals surface area (Å²) in [5.74, 6) is -0.185. The van der Waals surface area contributed by atoms with Gasteiger partial charge in [0.15, 0.2) is 0 Å². The molecular formula is C30H19ClF3N3O. The highest BCUT2D eigenvalue weighted by Gasteiger charge is 2.33. The summed E-state index contributed by atoms with van der Waals surface area (Å²) in [6.07, 6.45) is -2.91. The summed E-state index contributed by atoms with van der Waals surface area (Å²) in [5.41, 5.74) is 2.55. The number of halogens is 4. The van der Waals surface area contributed by atoms with Crippen LogP contribution in [0.15, 0.2) is 79.0 Å². The van der Waals surface area contributed by atoms with E-state index < -0.39 is 11.9 Å². The summed E-state index contributed by atoms with van der Waals surface area (Å²) in [5, 5.41) is 22.3. The van der Waals surface area contributed by atoms with E-state index in [1.807, 2.05) is 25.1 Å². The van der Waals surface area contributed by atoms with Crippen LogP contribution >= 0.6 is 11.6 Å². The predicted molar refractivity (Wildman–Crippen MR) is 142 cm³/mol. The zero-order valence-corrected chi connectivity index (χ0v) is 20.8. The monoisotopic (exact) mass is 529 g/mol. The van der Waals surface area contributed by atoms with Crippen LogP contribution in [-0.4, -0.2) is 15.1 Å². The van der Waals surface area contributed by atoms with E-state index in [-0.39, 0.29) is 33.5 Å². The number of aromatic nitrogens is 2. The molecule has 8 heteroatoms. The lowest BCUT2D eigenvalue weighted by molar-refractivity contribution is -0.141. The highest BCUT2D eigenvalue weighted by Crippen LogP contribution is 2.46. The summed E-state index contributed by atoms with van der Waals surface area (Å²) in [6.45, 7) is 1.98. The van der Waals surface area contributed by atoms with Gasteiger partial charge < -0.3 is 5.11 Å². The van der Waals surface area contributed by atoms with Crippen LogP contribution in [0.1, 0.15) is 23.9 Å². The second-order valence-electron chi connectivity index (χ2n) is 8.67. The van der Waals surface area contributed by atoms with Gasteiger partial charge in [0.1, 0.15) is 23.2 Å². The van der Waals surface area contributed by atoms with Gasteiger partial charge in [-0.25, -0.2) is 4.98 Å². The van der Waals surface area contributed by atoms with E-state index in [0.717, 1.165) is 17.8 Å². The lowest BCUT2D eigenvalue weighted by Gasteiger charge is -2.19. The molecule has 3 aromatic carbocycles. The molecule has 5 rings (SSSR count). The molecule has 0 amide bonds. The molecule has 2 aromatic heterocycles. The molecule has 4 nitrogen and oxygen atoms in total. The zero-order valence-electron chi connectivity index (χ0n) is 20.0. The smallest absolute Gasteiger partial charge is 0.433 e. The minimum atomic E-state index is -4.69. The van der Waals surface area contributed by atoms with Gasteiger partial charge in [-0.3, -0.25) is 4.98 Å². The Morgan fingerprint density at radius 1 is 0.921 bits per heavy atom. The molecule has 0 saturated carbocycles. The molecule has 1 N–H and O–H groups in total. The SMILES string of the molecule is CCc1cccc(-c2c(C#N)nc3ccc(-c4cccc(Cl)c4)c(O)c3c2-c2ccnc(C(F)(F)F)c2)c1. The maximum atomic E-state index is 13.7. The van der Waals surface area contributed by atoms with Crippen molar-refractivity contribution in [3.63, 3.8) is 0 Å². The lowest BCUT2D eigenvalue weighted by Crippen LogP contribution is -2.08. The third-order valence-corrected chi connectivity index (χ3v) is 6.56. The van der Waals surface area contributed by atoms with E-state index in [4.69, 9.17) is 11.6 Å². The minimum Gasteiger partial charge on any atom is -0.507 e. The highest BCUT2D eigenvalue weighted by molar-refractivity contribution is 6.30. The largest absolute Gasteiger partial charge is 0.507 e. The van der Waals surface area contributed by atoms with Crippen LogP contribution in [0.25, 0.3) is 44.3 Å². The number of aryl methyl sites for hydroxylation is 1. The van der Waals surface area contributed by atoms with Crippen molar-refractivity contribution in [3.05, 3.63) is 101 Å². The van der Waals surface area contributed by atoms with Gasteiger partial charge in [-0.2, -0.15) is 18.4 Å². The number of hydrogen-bond donors (Lipinski definition) is 1. The number of nitriles is 1. The maximum Gasteiger partial charge on any atom is 0.433 e. The van der Waals surface area contributed by atoms with E-state index >= 15 is 0 Å². The van der Waals surface area contributed by atoms with Gasteiger partial charge in [-0.05, 0) is 65.1 Å². The van der Waals surface area contributed by atoms with E-state index in [1.54, 1.807) is 42.5 Å². The number of hydrogen-bond acceptors (Lipinski definition) is 4. The van der Waals surface area contributed by atoms with E-state index in [9.17, 15) is 23.5 Å². The van der Waals surface area contributed by atoms with Crippen LogP contribution in [0.3, 0.4) is 0 Å². The number of phenolic OH excluding ortho intramolecular Hbond substituents is 1. The molecule has 0 saturated heterocycles. The van der Waals surface area contributed by atoms with Crippen LogP contribution in [0, 0.1) is 11.3 Å². The molecule has 38 heavy (non-hydrogen) atoms. The number of pyridine rings is 2. The van der Waals surface area contributed by atoms with Crippen molar-refractivity contribution in [2.24, 2.45) is 0 Å². The molecule has 0 spiro atoms. The van der Waals surface area contributed by atoms with Crippen LogP contribution in [0.4, 0.5) is 13.2 Å². The van der Waals surface area contributed by atoms with Gasteiger partial charge in [-0.1, -0.05) is 54.9 Å². The first-order valence-electron chi connectivity index (χ1n) is 11.7.